The fourth-order valence-corrected chi connectivity index (χ4v) is 4.61. The molecule has 0 aromatic heterocycles. The monoisotopic (exact) mass is 358 g/mol. The number of fused-ring (bicyclic) bond motifs is 1. The predicted octanol–water partition coefficient (Wildman–Crippen LogP) is 2.34. The molecule has 2 atom stereocenters. The number of aliphatic hydroxyl groups is 1. The summed E-state index contributed by atoms with van der Waals surface area (Å²) < 4.78 is 5.38. The number of ether oxygens (including phenoxy) is 1. The molecule has 5 heteroatoms. The first-order valence-electron chi connectivity index (χ1n) is 9.43. The van der Waals surface area contributed by atoms with Crippen LogP contribution in [0.2, 0.25) is 0 Å². The van der Waals surface area contributed by atoms with Crippen molar-refractivity contribution in [2.24, 2.45) is 5.41 Å². The minimum atomic E-state index is -0.0578. The van der Waals surface area contributed by atoms with E-state index in [0.717, 1.165) is 37.1 Å². The van der Waals surface area contributed by atoms with Gasteiger partial charge in [0.1, 0.15) is 5.75 Å². The van der Waals surface area contributed by atoms with Crippen LogP contribution in [0.25, 0.3) is 0 Å². The molecular weight excluding hydrogens is 328 g/mol. The van der Waals surface area contributed by atoms with Crippen LogP contribution in [0.5, 0.6) is 5.75 Å². The standard InChI is InChI=1S/C21H30N2O3/c1-4-6-16-13-17(7-8-18(16)26-3)20(25)23-12-10-21(15-24)9-5-11-22(2)19(21)14-23/h4,7-8,13,19,24H,1,5-6,9-12,14-15H2,2-3H3/t19-,21-/m1/s1. The molecule has 0 radical (unpaired) electrons. The van der Waals surface area contributed by atoms with Crippen molar-refractivity contribution in [3.8, 4) is 5.75 Å². The Morgan fingerprint density at radius 3 is 2.92 bits per heavy atom. The van der Waals surface area contributed by atoms with E-state index in [0.29, 0.717) is 25.1 Å². The van der Waals surface area contributed by atoms with E-state index in [2.05, 4.69) is 18.5 Å². The van der Waals surface area contributed by atoms with Crippen LogP contribution in [0.3, 0.4) is 0 Å². The smallest absolute Gasteiger partial charge is 0.253 e. The minimum absolute atomic E-state index is 0.0578. The fourth-order valence-electron chi connectivity index (χ4n) is 4.61. The number of piperidine rings is 2. The molecule has 26 heavy (non-hydrogen) atoms. The average molecular weight is 358 g/mol. The third kappa shape index (κ3) is 3.38. The van der Waals surface area contributed by atoms with Crippen molar-refractivity contribution in [1.29, 1.82) is 0 Å². The summed E-state index contributed by atoms with van der Waals surface area (Å²) in [4.78, 5) is 17.4. The summed E-state index contributed by atoms with van der Waals surface area (Å²) in [5, 5.41) is 10.0. The van der Waals surface area contributed by atoms with Gasteiger partial charge in [0.15, 0.2) is 0 Å². The summed E-state index contributed by atoms with van der Waals surface area (Å²) in [6.07, 6.45) is 5.51. The lowest BCUT2D eigenvalue weighted by atomic mass is 9.69. The number of carbonyl (C=O) groups excluding carboxylic acids is 1. The van der Waals surface area contributed by atoms with E-state index in [1.54, 1.807) is 7.11 Å². The van der Waals surface area contributed by atoms with Crippen LogP contribution in [-0.4, -0.2) is 67.3 Å². The molecule has 0 bridgehead atoms. The maximum Gasteiger partial charge on any atom is 0.253 e. The van der Waals surface area contributed by atoms with Crippen molar-refractivity contribution < 1.29 is 14.6 Å². The summed E-state index contributed by atoms with van der Waals surface area (Å²) in [5.74, 6) is 0.842. The molecule has 142 valence electrons. The molecule has 2 heterocycles. The second-order valence-electron chi connectivity index (χ2n) is 7.64. The average Bonchev–Trinajstić information content (AvgIpc) is 2.67. The van der Waals surface area contributed by atoms with Crippen LogP contribution in [0.15, 0.2) is 30.9 Å². The SMILES string of the molecule is C=CCc1cc(C(=O)N2CC[C@@]3(CO)CCCN(C)[C@@H]3C2)ccc1OC. The van der Waals surface area contributed by atoms with Gasteiger partial charge in [-0.25, -0.2) is 0 Å². The number of hydrogen-bond donors (Lipinski definition) is 1. The van der Waals surface area contributed by atoms with E-state index in [4.69, 9.17) is 4.74 Å². The van der Waals surface area contributed by atoms with Crippen molar-refractivity contribution in [3.05, 3.63) is 42.0 Å². The lowest BCUT2D eigenvalue weighted by molar-refractivity contribution is -0.0601. The zero-order chi connectivity index (χ0) is 18.7. The number of benzene rings is 1. The molecule has 0 aliphatic carbocycles. The van der Waals surface area contributed by atoms with Crippen LogP contribution in [0, 0.1) is 5.41 Å². The topological polar surface area (TPSA) is 53.0 Å². The van der Waals surface area contributed by atoms with E-state index < -0.39 is 0 Å². The molecule has 5 nitrogen and oxygen atoms in total. The largest absolute Gasteiger partial charge is 0.496 e. The molecule has 0 unspecified atom stereocenters. The van der Waals surface area contributed by atoms with E-state index in [9.17, 15) is 9.90 Å². The van der Waals surface area contributed by atoms with Gasteiger partial charge in [-0.05, 0) is 63.0 Å². The Morgan fingerprint density at radius 1 is 1.42 bits per heavy atom. The van der Waals surface area contributed by atoms with Crippen LogP contribution < -0.4 is 4.74 Å². The Labute approximate surface area is 156 Å². The summed E-state index contributed by atoms with van der Waals surface area (Å²) in [6.45, 7) is 6.40. The molecule has 1 N–H and O–H groups in total. The number of allylic oxidation sites excluding steroid dienone is 1. The van der Waals surface area contributed by atoms with E-state index >= 15 is 0 Å². The van der Waals surface area contributed by atoms with Gasteiger partial charge in [0.25, 0.3) is 5.91 Å². The van der Waals surface area contributed by atoms with Crippen molar-refractivity contribution in [1.82, 2.24) is 9.80 Å². The zero-order valence-corrected chi connectivity index (χ0v) is 15.9. The van der Waals surface area contributed by atoms with Gasteiger partial charge in [-0.2, -0.15) is 0 Å². The Morgan fingerprint density at radius 2 is 2.23 bits per heavy atom. The number of carbonyl (C=O) groups is 1. The molecule has 2 aliphatic heterocycles. The van der Waals surface area contributed by atoms with Crippen LogP contribution in [0.4, 0.5) is 0 Å². The Balaban J connectivity index is 1.80. The van der Waals surface area contributed by atoms with E-state index in [-0.39, 0.29) is 24.0 Å². The lowest BCUT2D eigenvalue weighted by Gasteiger charge is -2.53. The molecular formula is C21H30N2O3. The maximum atomic E-state index is 13.1. The molecule has 2 aliphatic rings. The fraction of sp³-hybridized carbons (Fsp3) is 0.571. The molecule has 2 fully saturated rings. The number of hydrogen-bond acceptors (Lipinski definition) is 4. The summed E-state index contributed by atoms with van der Waals surface area (Å²) in [6, 6.07) is 5.85. The summed E-state index contributed by atoms with van der Waals surface area (Å²) in [5.41, 5.74) is 1.61. The molecule has 2 saturated heterocycles. The highest BCUT2D eigenvalue weighted by molar-refractivity contribution is 5.94. The van der Waals surface area contributed by atoms with Crippen LogP contribution in [-0.2, 0) is 6.42 Å². The zero-order valence-electron chi connectivity index (χ0n) is 15.9. The normalized spacial score (nSPS) is 26.3. The van der Waals surface area contributed by atoms with Gasteiger partial charge >= 0.3 is 0 Å². The molecule has 3 rings (SSSR count). The number of aliphatic hydroxyl groups excluding tert-OH is 1. The first-order valence-corrected chi connectivity index (χ1v) is 9.43. The Hall–Kier alpha value is -1.85. The highest BCUT2D eigenvalue weighted by Crippen LogP contribution is 2.41. The highest BCUT2D eigenvalue weighted by atomic mass is 16.5. The van der Waals surface area contributed by atoms with Crippen LogP contribution >= 0.6 is 0 Å². The second kappa shape index (κ2) is 7.80. The first-order chi connectivity index (χ1) is 12.5. The summed E-state index contributed by atoms with van der Waals surface area (Å²) in [7, 11) is 3.75. The first kappa shape index (κ1) is 18.9. The molecule has 0 saturated carbocycles. The number of methoxy groups -OCH3 is 1. The van der Waals surface area contributed by atoms with Gasteiger partial charge < -0.3 is 19.6 Å². The van der Waals surface area contributed by atoms with Gasteiger partial charge in [-0.3, -0.25) is 4.79 Å². The van der Waals surface area contributed by atoms with Gasteiger partial charge in [0.05, 0.1) is 13.7 Å². The number of likely N-dealkylation sites (tertiary alicyclic amines) is 2. The van der Waals surface area contributed by atoms with Gasteiger partial charge in [-0.15, -0.1) is 6.58 Å². The molecule has 1 aromatic carbocycles. The number of nitrogens with zero attached hydrogens (tertiary/aromatic N) is 2. The quantitative estimate of drug-likeness (QED) is 0.821. The molecule has 1 aromatic rings. The number of rotatable bonds is 5. The second-order valence-corrected chi connectivity index (χ2v) is 7.64. The maximum absolute atomic E-state index is 13.1. The molecule has 0 spiro atoms. The third-order valence-corrected chi connectivity index (χ3v) is 6.19. The summed E-state index contributed by atoms with van der Waals surface area (Å²) >= 11 is 0. The van der Waals surface area contributed by atoms with E-state index in [1.807, 2.05) is 29.2 Å². The van der Waals surface area contributed by atoms with Gasteiger partial charge in [-0.1, -0.05) is 6.08 Å². The minimum Gasteiger partial charge on any atom is -0.496 e. The number of amides is 1. The Kier molecular flexibility index (Phi) is 5.68. The van der Waals surface area contributed by atoms with Gasteiger partial charge in [0.2, 0.25) is 0 Å². The number of likely N-dealkylation sites (N-methyl/N-ethyl adjacent to an activating group) is 1. The van der Waals surface area contributed by atoms with Crippen LogP contribution in [0.1, 0.15) is 35.2 Å². The van der Waals surface area contributed by atoms with Crippen molar-refractivity contribution in [3.63, 3.8) is 0 Å². The van der Waals surface area contributed by atoms with Gasteiger partial charge in [0, 0.05) is 30.1 Å². The van der Waals surface area contributed by atoms with Crippen molar-refractivity contribution in [2.75, 3.05) is 40.4 Å². The highest BCUT2D eigenvalue weighted by Gasteiger charge is 2.47. The van der Waals surface area contributed by atoms with E-state index in [1.165, 1.54) is 0 Å². The Bertz CT molecular complexity index is 675. The van der Waals surface area contributed by atoms with Crippen molar-refractivity contribution in [2.45, 2.75) is 31.7 Å². The third-order valence-electron chi connectivity index (χ3n) is 6.19. The predicted molar refractivity (Wildman–Crippen MR) is 103 cm³/mol. The lowest BCUT2D eigenvalue weighted by Crippen LogP contribution is -2.62. The van der Waals surface area contributed by atoms with Crippen molar-refractivity contribution >= 4 is 5.91 Å². The molecule has 1 amide bonds.